The van der Waals surface area contributed by atoms with Gasteiger partial charge in [-0.05, 0) is 42.1 Å². The molecule has 0 spiro atoms. The minimum atomic E-state index is -0.199. The van der Waals surface area contributed by atoms with Crippen molar-refractivity contribution in [3.05, 3.63) is 46.8 Å². The van der Waals surface area contributed by atoms with Crippen LogP contribution in [0.25, 0.3) is 16.6 Å². The summed E-state index contributed by atoms with van der Waals surface area (Å²) in [6.45, 7) is 2.03. The molecular weight excluding hydrogens is 394 g/mol. The number of hydrogen-bond donors (Lipinski definition) is 1. The van der Waals surface area contributed by atoms with E-state index in [1.54, 1.807) is 18.6 Å². The highest BCUT2D eigenvalue weighted by Crippen LogP contribution is 2.29. The summed E-state index contributed by atoms with van der Waals surface area (Å²) in [5.41, 5.74) is 3.19. The Balaban J connectivity index is 1.63. The number of carbonyl (C=O) groups is 1. The van der Waals surface area contributed by atoms with Gasteiger partial charge in [-0.3, -0.25) is 9.20 Å². The highest BCUT2D eigenvalue weighted by Gasteiger charge is 2.15. The van der Waals surface area contributed by atoms with Crippen LogP contribution in [0.2, 0.25) is 0 Å². The van der Waals surface area contributed by atoms with E-state index in [1.807, 2.05) is 35.6 Å². The number of aromatic nitrogens is 3. The predicted octanol–water partition coefficient (Wildman–Crippen LogP) is 3.86. The number of rotatable bonds is 5. The predicted molar refractivity (Wildman–Crippen MR) is 110 cm³/mol. The number of pyridine rings is 1. The number of nitriles is 1. The van der Waals surface area contributed by atoms with Crippen molar-refractivity contribution in [2.75, 3.05) is 18.2 Å². The molecule has 0 unspecified atom stereocenters. The summed E-state index contributed by atoms with van der Waals surface area (Å²) in [6.07, 6.45) is 0. The average molecular weight is 409 g/mol. The number of aryl methyl sites for hydroxylation is 1. The first-order chi connectivity index (χ1) is 13.6. The van der Waals surface area contributed by atoms with Gasteiger partial charge in [0, 0.05) is 11.5 Å². The first-order valence-corrected chi connectivity index (χ1v) is 10.2. The fourth-order valence-corrected chi connectivity index (χ4v) is 4.42. The number of methoxy groups -OCH3 is 1. The SMILES string of the molecule is COc1ccc2c(C)cc3nnc(SCC(=O)Nc4sccc4C#N)n3c2c1. The number of anilines is 1. The number of hydrogen-bond acceptors (Lipinski definition) is 7. The molecule has 9 heteroatoms. The lowest BCUT2D eigenvalue weighted by molar-refractivity contribution is -0.113. The third kappa shape index (κ3) is 3.28. The number of benzene rings is 1. The highest BCUT2D eigenvalue weighted by atomic mass is 32.2. The molecule has 3 aromatic heterocycles. The summed E-state index contributed by atoms with van der Waals surface area (Å²) in [6, 6.07) is 11.6. The van der Waals surface area contributed by atoms with E-state index >= 15 is 0 Å². The molecule has 7 nitrogen and oxygen atoms in total. The van der Waals surface area contributed by atoms with E-state index in [4.69, 9.17) is 10.00 Å². The molecule has 1 N–H and O–H groups in total. The van der Waals surface area contributed by atoms with Crippen molar-refractivity contribution in [3.63, 3.8) is 0 Å². The first kappa shape index (κ1) is 18.3. The molecule has 1 amide bonds. The summed E-state index contributed by atoms with van der Waals surface area (Å²) in [5, 5.41) is 24.3. The van der Waals surface area contributed by atoms with E-state index in [1.165, 1.54) is 23.1 Å². The van der Waals surface area contributed by atoms with E-state index in [9.17, 15) is 4.79 Å². The minimum Gasteiger partial charge on any atom is -0.497 e. The molecule has 0 aliphatic heterocycles. The zero-order valence-corrected chi connectivity index (χ0v) is 16.7. The fraction of sp³-hybridized carbons (Fsp3) is 0.158. The molecule has 3 heterocycles. The lowest BCUT2D eigenvalue weighted by Gasteiger charge is -2.09. The first-order valence-electron chi connectivity index (χ1n) is 8.33. The molecule has 1 aromatic carbocycles. The van der Waals surface area contributed by atoms with E-state index in [-0.39, 0.29) is 11.7 Å². The maximum Gasteiger partial charge on any atom is 0.235 e. The molecule has 4 aromatic rings. The quantitative estimate of drug-likeness (QED) is 0.503. The average Bonchev–Trinajstić information content (AvgIpc) is 3.32. The van der Waals surface area contributed by atoms with Gasteiger partial charge in [0.05, 0.1) is 23.9 Å². The summed E-state index contributed by atoms with van der Waals surface area (Å²) >= 11 is 2.62. The second-order valence-corrected chi connectivity index (χ2v) is 7.86. The molecule has 0 aliphatic rings. The number of amides is 1. The Morgan fingerprint density at radius 3 is 3.00 bits per heavy atom. The Kier molecular flexibility index (Phi) is 4.90. The third-order valence-electron chi connectivity index (χ3n) is 4.25. The van der Waals surface area contributed by atoms with Gasteiger partial charge >= 0.3 is 0 Å². The maximum absolute atomic E-state index is 12.3. The Labute approximate surface area is 169 Å². The summed E-state index contributed by atoms with van der Waals surface area (Å²) in [4.78, 5) is 12.3. The number of nitrogens with zero attached hydrogens (tertiary/aromatic N) is 4. The standard InChI is InChI=1S/C19H15N5O2S2/c1-11-7-16-22-23-19(24(16)15-8-13(26-2)3-4-14(11)15)28-10-17(25)21-18-12(9-20)5-6-27-18/h3-8H,10H2,1-2H3,(H,21,25). The second-order valence-electron chi connectivity index (χ2n) is 6.00. The van der Waals surface area contributed by atoms with Gasteiger partial charge in [-0.25, -0.2) is 0 Å². The molecule has 0 radical (unpaired) electrons. The highest BCUT2D eigenvalue weighted by molar-refractivity contribution is 7.99. The second kappa shape index (κ2) is 7.50. The maximum atomic E-state index is 12.3. The van der Waals surface area contributed by atoms with Crippen LogP contribution < -0.4 is 10.1 Å². The number of thiophene rings is 1. The minimum absolute atomic E-state index is 0.156. The van der Waals surface area contributed by atoms with Gasteiger partial charge in [0.25, 0.3) is 0 Å². The van der Waals surface area contributed by atoms with Crippen LogP contribution in [-0.4, -0.2) is 33.4 Å². The molecule has 0 saturated carbocycles. The summed E-state index contributed by atoms with van der Waals surface area (Å²) in [5.74, 6) is 0.696. The van der Waals surface area contributed by atoms with Crippen molar-refractivity contribution in [1.29, 1.82) is 5.26 Å². The van der Waals surface area contributed by atoms with Gasteiger partial charge in [0.2, 0.25) is 5.91 Å². The van der Waals surface area contributed by atoms with E-state index in [0.29, 0.717) is 21.4 Å². The molecule has 0 fully saturated rings. The summed E-state index contributed by atoms with van der Waals surface area (Å²) in [7, 11) is 1.63. The van der Waals surface area contributed by atoms with Crippen LogP contribution >= 0.6 is 23.1 Å². The van der Waals surface area contributed by atoms with Crippen molar-refractivity contribution in [3.8, 4) is 11.8 Å². The van der Waals surface area contributed by atoms with Crippen LogP contribution in [-0.2, 0) is 4.79 Å². The Morgan fingerprint density at radius 2 is 2.21 bits per heavy atom. The largest absolute Gasteiger partial charge is 0.497 e. The van der Waals surface area contributed by atoms with Gasteiger partial charge in [-0.1, -0.05) is 11.8 Å². The van der Waals surface area contributed by atoms with Crippen molar-refractivity contribution in [1.82, 2.24) is 14.6 Å². The van der Waals surface area contributed by atoms with Crippen molar-refractivity contribution in [2.45, 2.75) is 12.1 Å². The van der Waals surface area contributed by atoms with Crippen LogP contribution in [0.4, 0.5) is 5.00 Å². The normalized spacial score (nSPS) is 10.9. The Morgan fingerprint density at radius 1 is 1.36 bits per heavy atom. The van der Waals surface area contributed by atoms with Crippen molar-refractivity contribution < 1.29 is 9.53 Å². The monoisotopic (exact) mass is 409 g/mol. The van der Waals surface area contributed by atoms with Gasteiger partial charge in [-0.2, -0.15) is 5.26 Å². The van der Waals surface area contributed by atoms with Crippen molar-refractivity contribution in [2.24, 2.45) is 0 Å². The number of nitrogens with one attached hydrogen (secondary N) is 1. The summed E-state index contributed by atoms with van der Waals surface area (Å²) < 4.78 is 7.28. The topological polar surface area (TPSA) is 92.3 Å². The smallest absolute Gasteiger partial charge is 0.235 e. The van der Waals surface area contributed by atoms with Gasteiger partial charge < -0.3 is 10.1 Å². The number of thioether (sulfide) groups is 1. The van der Waals surface area contributed by atoms with Gasteiger partial charge in [0.1, 0.15) is 16.8 Å². The zero-order chi connectivity index (χ0) is 19.7. The Hall–Kier alpha value is -3.09. The van der Waals surface area contributed by atoms with Crippen LogP contribution in [0.15, 0.2) is 40.9 Å². The molecule has 0 bridgehead atoms. The van der Waals surface area contributed by atoms with Crippen LogP contribution in [0.1, 0.15) is 11.1 Å². The molecular formula is C19H15N5O2S2. The Bertz CT molecular complexity index is 1240. The third-order valence-corrected chi connectivity index (χ3v) is 6.00. The fourth-order valence-electron chi connectivity index (χ4n) is 2.91. The lowest BCUT2D eigenvalue weighted by atomic mass is 10.1. The molecule has 4 rings (SSSR count). The zero-order valence-electron chi connectivity index (χ0n) is 15.1. The van der Waals surface area contributed by atoms with E-state index < -0.39 is 0 Å². The molecule has 0 aliphatic carbocycles. The number of fused-ring (bicyclic) bond motifs is 3. The van der Waals surface area contributed by atoms with E-state index in [0.717, 1.165) is 22.2 Å². The van der Waals surface area contributed by atoms with Gasteiger partial charge in [-0.15, -0.1) is 21.5 Å². The van der Waals surface area contributed by atoms with Crippen LogP contribution in [0.3, 0.4) is 0 Å². The van der Waals surface area contributed by atoms with Crippen LogP contribution in [0, 0.1) is 18.3 Å². The molecule has 140 valence electrons. The van der Waals surface area contributed by atoms with E-state index in [2.05, 4.69) is 21.6 Å². The molecule has 28 heavy (non-hydrogen) atoms. The number of ether oxygens (including phenoxy) is 1. The lowest BCUT2D eigenvalue weighted by Crippen LogP contribution is -2.14. The molecule has 0 atom stereocenters. The molecule has 0 saturated heterocycles. The number of carbonyl (C=O) groups excluding carboxylic acids is 1. The van der Waals surface area contributed by atoms with Crippen molar-refractivity contribution >= 4 is 50.6 Å². The van der Waals surface area contributed by atoms with Crippen LogP contribution in [0.5, 0.6) is 5.75 Å². The van der Waals surface area contributed by atoms with Gasteiger partial charge in [0.15, 0.2) is 10.8 Å².